The maximum atomic E-state index is 11.4. The van der Waals surface area contributed by atoms with Crippen molar-refractivity contribution in [1.82, 2.24) is 0 Å². The average Bonchev–Trinajstić information content (AvgIpc) is 2.72. The molecule has 0 saturated carbocycles. The zero-order chi connectivity index (χ0) is 12.3. The second kappa shape index (κ2) is 4.97. The predicted octanol–water partition coefficient (Wildman–Crippen LogP) is 1.04. The number of esters is 1. The van der Waals surface area contributed by atoms with E-state index in [1.807, 2.05) is 18.2 Å². The van der Waals surface area contributed by atoms with Gasteiger partial charge in [-0.3, -0.25) is 0 Å². The molecular formula is C12H13NO4. The molecule has 5 nitrogen and oxygen atoms in total. The van der Waals surface area contributed by atoms with Gasteiger partial charge in [0, 0.05) is 0 Å². The van der Waals surface area contributed by atoms with Crippen LogP contribution in [0.5, 0.6) is 0 Å². The Morgan fingerprint density at radius 1 is 1.47 bits per heavy atom. The van der Waals surface area contributed by atoms with Crippen LogP contribution in [0.2, 0.25) is 0 Å². The van der Waals surface area contributed by atoms with Gasteiger partial charge in [-0.1, -0.05) is 35.5 Å². The zero-order valence-corrected chi connectivity index (χ0v) is 9.37. The van der Waals surface area contributed by atoms with Crippen LogP contribution in [0, 0.1) is 0 Å². The first-order valence-electron chi connectivity index (χ1n) is 5.38. The molecule has 17 heavy (non-hydrogen) atoms. The summed E-state index contributed by atoms with van der Waals surface area (Å²) >= 11 is 0. The number of carbonyl (C=O) groups excluding carboxylic acids is 1. The number of rotatable bonds is 3. The van der Waals surface area contributed by atoms with Gasteiger partial charge >= 0.3 is 5.97 Å². The highest BCUT2D eigenvalue weighted by Crippen LogP contribution is 2.27. The maximum absolute atomic E-state index is 11.4. The molecule has 90 valence electrons. The summed E-state index contributed by atoms with van der Waals surface area (Å²) in [6.07, 6.45) is -1.73. The minimum Gasteiger partial charge on any atom is -0.461 e. The highest BCUT2D eigenvalue weighted by Gasteiger charge is 2.38. The second-order valence-corrected chi connectivity index (χ2v) is 3.58. The Morgan fingerprint density at radius 2 is 2.18 bits per heavy atom. The number of benzene rings is 1. The van der Waals surface area contributed by atoms with E-state index < -0.39 is 18.2 Å². The number of aliphatic hydroxyl groups excluding tert-OH is 1. The van der Waals surface area contributed by atoms with E-state index in [4.69, 9.17) is 9.57 Å². The zero-order valence-electron chi connectivity index (χ0n) is 9.37. The van der Waals surface area contributed by atoms with Crippen molar-refractivity contribution in [3.05, 3.63) is 35.9 Å². The number of ether oxygens (including phenoxy) is 1. The fourth-order valence-electron chi connectivity index (χ4n) is 1.62. The average molecular weight is 235 g/mol. The van der Waals surface area contributed by atoms with E-state index in [0.717, 1.165) is 5.56 Å². The lowest BCUT2D eigenvalue weighted by atomic mass is 10.0. The Hall–Kier alpha value is -1.88. The quantitative estimate of drug-likeness (QED) is 0.795. The highest BCUT2D eigenvalue weighted by molar-refractivity contribution is 6.38. The predicted molar refractivity (Wildman–Crippen MR) is 60.3 cm³/mol. The first-order chi connectivity index (χ1) is 8.24. The van der Waals surface area contributed by atoms with Crippen molar-refractivity contribution < 1.29 is 19.5 Å². The lowest BCUT2D eigenvalue weighted by molar-refractivity contribution is -0.135. The van der Waals surface area contributed by atoms with E-state index in [0.29, 0.717) is 0 Å². The molecule has 0 aliphatic carbocycles. The van der Waals surface area contributed by atoms with Crippen LogP contribution in [0.15, 0.2) is 35.5 Å². The molecule has 1 aliphatic rings. The molecule has 1 N–H and O–H groups in total. The van der Waals surface area contributed by atoms with Crippen molar-refractivity contribution in [1.29, 1.82) is 0 Å². The monoisotopic (exact) mass is 235 g/mol. The molecule has 0 bridgehead atoms. The third-order valence-corrected chi connectivity index (χ3v) is 2.44. The first kappa shape index (κ1) is 11.6. The molecule has 1 aromatic rings. The molecule has 2 atom stereocenters. The van der Waals surface area contributed by atoms with Gasteiger partial charge in [0.1, 0.15) is 0 Å². The molecule has 0 unspecified atom stereocenters. The largest absolute Gasteiger partial charge is 0.461 e. The van der Waals surface area contributed by atoms with Crippen molar-refractivity contribution >= 4 is 11.7 Å². The van der Waals surface area contributed by atoms with Gasteiger partial charge in [-0.05, 0) is 12.5 Å². The number of oxime groups is 1. The standard InChI is InChI=1S/C12H13NO4/c1-2-16-12(15)9-10(14)11(17-13-9)8-6-4-3-5-7-8/h3-7,10-11,14H,2H2,1H3/t10-,11+/m0/s1. The lowest BCUT2D eigenvalue weighted by Gasteiger charge is -2.13. The van der Waals surface area contributed by atoms with Crippen molar-refractivity contribution in [2.24, 2.45) is 5.16 Å². The van der Waals surface area contributed by atoms with Gasteiger partial charge in [-0.25, -0.2) is 4.79 Å². The van der Waals surface area contributed by atoms with E-state index in [9.17, 15) is 9.90 Å². The molecule has 0 fully saturated rings. The molecule has 2 rings (SSSR count). The van der Waals surface area contributed by atoms with E-state index >= 15 is 0 Å². The van der Waals surface area contributed by atoms with E-state index in [2.05, 4.69) is 5.16 Å². The summed E-state index contributed by atoms with van der Waals surface area (Å²) < 4.78 is 4.77. The van der Waals surface area contributed by atoms with E-state index in [-0.39, 0.29) is 12.3 Å². The summed E-state index contributed by atoms with van der Waals surface area (Å²) in [4.78, 5) is 16.5. The molecule has 0 spiro atoms. The fourth-order valence-corrected chi connectivity index (χ4v) is 1.62. The highest BCUT2D eigenvalue weighted by atomic mass is 16.7. The third-order valence-electron chi connectivity index (χ3n) is 2.44. The third kappa shape index (κ3) is 2.29. The molecule has 0 aromatic heterocycles. The van der Waals surface area contributed by atoms with E-state index in [1.165, 1.54) is 0 Å². The van der Waals surface area contributed by atoms with Crippen molar-refractivity contribution in [2.45, 2.75) is 19.1 Å². The van der Waals surface area contributed by atoms with Gasteiger partial charge < -0.3 is 14.7 Å². The van der Waals surface area contributed by atoms with Crippen LogP contribution in [0.4, 0.5) is 0 Å². The number of hydrogen-bond acceptors (Lipinski definition) is 5. The minimum absolute atomic E-state index is 0.0827. The summed E-state index contributed by atoms with van der Waals surface area (Å²) in [6, 6.07) is 9.12. The number of nitrogens with zero attached hydrogens (tertiary/aromatic N) is 1. The van der Waals surface area contributed by atoms with Gasteiger partial charge in [0.05, 0.1) is 6.61 Å². The SMILES string of the molecule is CCOC(=O)C1=NO[C@H](c2ccccc2)[C@H]1O. The summed E-state index contributed by atoms with van der Waals surface area (Å²) in [6.45, 7) is 1.93. The normalized spacial score (nSPS) is 22.8. The molecule has 0 radical (unpaired) electrons. The van der Waals surface area contributed by atoms with Gasteiger partial charge in [0.25, 0.3) is 0 Å². The van der Waals surface area contributed by atoms with Gasteiger partial charge in [0.2, 0.25) is 0 Å². The fraction of sp³-hybridized carbons (Fsp3) is 0.333. The van der Waals surface area contributed by atoms with Crippen molar-refractivity contribution in [2.75, 3.05) is 6.61 Å². The van der Waals surface area contributed by atoms with Crippen molar-refractivity contribution in [3.8, 4) is 0 Å². The number of carbonyl (C=O) groups is 1. The molecule has 1 heterocycles. The summed E-state index contributed by atoms with van der Waals surface area (Å²) in [7, 11) is 0. The topological polar surface area (TPSA) is 68.1 Å². The van der Waals surface area contributed by atoms with Crippen molar-refractivity contribution in [3.63, 3.8) is 0 Å². The number of aliphatic hydroxyl groups is 1. The minimum atomic E-state index is -1.09. The molecule has 0 amide bonds. The maximum Gasteiger partial charge on any atom is 0.359 e. The molecule has 5 heteroatoms. The van der Waals surface area contributed by atoms with Crippen LogP contribution in [-0.2, 0) is 14.4 Å². The summed E-state index contributed by atoms with van der Waals surface area (Å²) in [5.41, 5.74) is 0.684. The Bertz CT molecular complexity index is 429. The Labute approximate surface area is 98.6 Å². The molecule has 0 saturated heterocycles. The van der Waals surface area contributed by atoms with Crippen LogP contribution in [0.1, 0.15) is 18.6 Å². The first-order valence-corrected chi connectivity index (χ1v) is 5.38. The van der Waals surface area contributed by atoms with Gasteiger partial charge in [0.15, 0.2) is 17.9 Å². The van der Waals surface area contributed by atoms with Crippen LogP contribution in [-0.4, -0.2) is 29.5 Å². The molecular weight excluding hydrogens is 222 g/mol. The van der Waals surface area contributed by atoms with Crippen LogP contribution >= 0.6 is 0 Å². The van der Waals surface area contributed by atoms with Gasteiger partial charge in [-0.2, -0.15) is 0 Å². The van der Waals surface area contributed by atoms with Crippen LogP contribution < -0.4 is 0 Å². The van der Waals surface area contributed by atoms with Crippen LogP contribution in [0.3, 0.4) is 0 Å². The molecule has 1 aromatic carbocycles. The summed E-state index contributed by atoms with van der Waals surface area (Å²) in [5.74, 6) is -0.640. The second-order valence-electron chi connectivity index (χ2n) is 3.58. The molecule has 1 aliphatic heterocycles. The lowest BCUT2D eigenvalue weighted by Crippen LogP contribution is -2.30. The van der Waals surface area contributed by atoms with Gasteiger partial charge in [-0.15, -0.1) is 0 Å². The Morgan fingerprint density at radius 3 is 2.82 bits per heavy atom. The smallest absolute Gasteiger partial charge is 0.359 e. The summed E-state index contributed by atoms with van der Waals surface area (Å²) in [5, 5.41) is 13.5. The Kier molecular flexibility index (Phi) is 3.39. The Balaban J connectivity index is 2.11. The van der Waals surface area contributed by atoms with Crippen LogP contribution in [0.25, 0.3) is 0 Å². The number of hydrogen-bond donors (Lipinski definition) is 1. The van der Waals surface area contributed by atoms with E-state index in [1.54, 1.807) is 19.1 Å².